The lowest BCUT2D eigenvalue weighted by Gasteiger charge is -2.22. The van der Waals surface area contributed by atoms with Crippen LogP contribution in [-0.2, 0) is 0 Å². The topological polar surface area (TPSA) is 0 Å². The van der Waals surface area contributed by atoms with E-state index in [1.165, 1.54) is 57.8 Å². The first-order valence-corrected chi connectivity index (χ1v) is 6.35. The van der Waals surface area contributed by atoms with Crippen LogP contribution in [0.4, 0.5) is 0 Å². The number of rotatable bonds is 1. The first-order valence-electron chi connectivity index (χ1n) is 6.35. The summed E-state index contributed by atoms with van der Waals surface area (Å²) in [5.41, 5.74) is 0. The van der Waals surface area contributed by atoms with Crippen molar-refractivity contribution in [1.29, 1.82) is 0 Å². The molecule has 0 heterocycles. The maximum Gasteiger partial charge on any atom is -0.0417 e. The highest BCUT2D eigenvalue weighted by Crippen LogP contribution is 2.28. The van der Waals surface area contributed by atoms with Crippen LogP contribution in [-0.4, -0.2) is 0 Å². The van der Waals surface area contributed by atoms with Crippen molar-refractivity contribution in [1.82, 2.24) is 0 Å². The number of hydrogen-bond acceptors (Lipinski definition) is 0. The molecule has 0 aromatic rings. The molecule has 0 bridgehead atoms. The Balaban J connectivity index is 0.000000180. The molecule has 0 saturated heterocycles. The van der Waals surface area contributed by atoms with Crippen molar-refractivity contribution in [2.45, 2.75) is 78.6 Å². The van der Waals surface area contributed by atoms with E-state index in [1.54, 1.807) is 0 Å². The first kappa shape index (κ1) is 13.0. The monoisotopic (exact) mass is 184 g/mol. The fourth-order valence-corrected chi connectivity index (χ4v) is 1.15. The molecule has 2 aliphatic rings. The highest BCUT2D eigenvalue weighted by molar-refractivity contribution is 4.66. The Hall–Kier alpha value is 0. The van der Waals surface area contributed by atoms with Crippen molar-refractivity contribution in [3.8, 4) is 0 Å². The minimum Gasteiger partial charge on any atom is -0.0656 e. The first-order chi connectivity index (χ1) is 6.35. The maximum atomic E-state index is 2.28. The molecule has 0 nitrogen and oxygen atoms in total. The molecule has 0 aliphatic heterocycles. The van der Waals surface area contributed by atoms with E-state index in [4.69, 9.17) is 0 Å². The van der Waals surface area contributed by atoms with E-state index in [2.05, 4.69) is 20.8 Å². The van der Waals surface area contributed by atoms with E-state index in [9.17, 15) is 0 Å². The van der Waals surface area contributed by atoms with E-state index in [-0.39, 0.29) is 0 Å². The third-order valence-electron chi connectivity index (χ3n) is 2.80. The summed E-state index contributed by atoms with van der Waals surface area (Å²) in [5, 5.41) is 0. The van der Waals surface area contributed by atoms with Gasteiger partial charge in [0.05, 0.1) is 0 Å². The Kier molecular flexibility index (Phi) is 10.1. The lowest BCUT2D eigenvalue weighted by molar-refractivity contribution is 0.307. The summed E-state index contributed by atoms with van der Waals surface area (Å²) in [7, 11) is 0. The summed E-state index contributed by atoms with van der Waals surface area (Å²) in [6, 6.07) is 0. The van der Waals surface area contributed by atoms with E-state index < -0.39 is 0 Å². The zero-order valence-corrected chi connectivity index (χ0v) is 9.94. The van der Waals surface area contributed by atoms with Gasteiger partial charge in [0.25, 0.3) is 0 Å². The van der Waals surface area contributed by atoms with Gasteiger partial charge in [-0.3, -0.25) is 0 Å². The Morgan fingerprint density at radius 1 is 0.769 bits per heavy atom. The van der Waals surface area contributed by atoms with Gasteiger partial charge in [0.2, 0.25) is 0 Å². The highest BCUT2D eigenvalue weighted by Gasteiger charge is 2.13. The van der Waals surface area contributed by atoms with Crippen molar-refractivity contribution in [3.63, 3.8) is 0 Å². The van der Waals surface area contributed by atoms with Crippen molar-refractivity contribution >= 4 is 0 Å². The second kappa shape index (κ2) is 10.1. The molecule has 13 heavy (non-hydrogen) atoms. The maximum absolute atomic E-state index is 2.28. The Morgan fingerprint density at radius 3 is 1.15 bits per heavy atom. The van der Waals surface area contributed by atoms with Gasteiger partial charge < -0.3 is 0 Å². The standard InChI is InChI=1S/C6H12.C4H8.C3H8/c1-2-6-4-3-5-6;1-2-4-3-1;1-3-2/h6H,2-5H2,1H3;1-4H2;3H2,1-2H3. The second-order valence-corrected chi connectivity index (χ2v) is 4.33. The summed E-state index contributed by atoms with van der Waals surface area (Å²) in [5.74, 6) is 1.12. The average Bonchev–Trinajstić information content (AvgIpc) is 1.81. The van der Waals surface area contributed by atoms with Gasteiger partial charge in [0.1, 0.15) is 0 Å². The van der Waals surface area contributed by atoms with Crippen LogP contribution >= 0.6 is 0 Å². The molecule has 0 amide bonds. The fourth-order valence-electron chi connectivity index (χ4n) is 1.15. The zero-order chi connectivity index (χ0) is 9.94. The summed E-state index contributed by atoms with van der Waals surface area (Å²) in [6.07, 6.45) is 13.2. The molecule has 2 aliphatic carbocycles. The van der Waals surface area contributed by atoms with Crippen LogP contribution in [0.2, 0.25) is 0 Å². The van der Waals surface area contributed by atoms with Gasteiger partial charge in [-0.2, -0.15) is 0 Å². The van der Waals surface area contributed by atoms with E-state index in [0.717, 1.165) is 5.92 Å². The van der Waals surface area contributed by atoms with Crippen LogP contribution in [0.3, 0.4) is 0 Å². The largest absolute Gasteiger partial charge is 0.0656 e. The predicted octanol–water partition coefficient (Wildman–Crippen LogP) is 5.17. The smallest absolute Gasteiger partial charge is 0.0417 e. The normalized spacial score (nSPS) is 19.6. The molecule has 0 spiro atoms. The summed E-state index contributed by atoms with van der Waals surface area (Å²) >= 11 is 0. The molecule has 80 valence electrons. The molecule has 0 aromatic carbocycles. The SMILES string of the molecule is C1CCC1.CCC.CCC1CCC1. The van der Waals surface area contributed by atoms with Crippen LogP contribution in [0.1, 0.15) is 78.6 Å². The Bertz CT molecular complexity index is 71.3. The third-order valence-corrected chi connectivity index (χ3v) is 2.80. The summed E-state index contributed by atoms with van der Waals surface area (Å²) in [4.78, 5) is 0. The number of hydrogen-bond donors (Lipinski definition) is 0. The lowest BCUT2D eigenvalue weighted by Crippen LogP contribution is -2.08. The second-order valence-electron chi connectivity index (χ2n) is 4.33. The van der Waals surface area contributed by atoms with Crippen molar-refractivity contribution in [3.05, 3.63) is 0 Å². The fraction of sp³-hybridized carbons (Fsp3) is 1.00. The molecule has 0 heteroatoms. The summed E-state index contributed by atoms with van der Waals surface area (Å²) in [6.45, 7) is 6.53. The minimum atomic E-state index is 1.12. The van der Waals surface area contributed by atoms with Crippen molar-refractivity contribution in [2.75, 3.05) is 0 Å². The quantitative estimate of drug-likeness (QED) is 0.527. The van der Waals surface area contributed by atoms with Gasteiger partial charge in [0.15, 0.2) is 0 Å². The van der Waals surface area contributed by atoms with Crippen molar-refractivity contribution < 1.29 is 0 Å². The molecule has 0 N–H and O–H groups in total. The van der Waals surface area contributed by atoms with E-state index in [1.807, 2.05) is 0 Å². The molecule has 2 saturated carbocycles. The molecule has 0 radical (unpaired) electrons. The molecular weight excluding hydrogens is 156 g/mol. The molecule has 0 aromatic heterocycles. The Labute approximate surface area is 85.1 Å². The highest BCUT2D eigenvalue weighted by atomic mass is 14.2. The van der Waals surface area contributed by atoms with Gasteiger partial charge in [-0.25, -0.2) is 0 Å². The third kappa shape index (κ3) is 8.33. The molecule has 2 fully saturated rings. The molecular formula is C13H28. The van der Waals surface area contributed by atoms with Gasteiger partial charge in [0, 0.05) is 0 Å². The van der Waals surface area contributed by atoms with Gasteiger partial charge in [-0.1, -0.05) is 78.6 Å². The van der Waals surface area contributed by atoms with Crippen LogP contribution in [0, 0.1) is 5.92 Å². The summed E-state index contributed by atoms with van der Waals surface area (Å²) < 4.78 is 0. The zero-order valence-electron chi connectivity index (χ0n) is 9.94. The molecule has 0 unspecified atom stereocenters. The van der Waals surface area contributed by atoms with E-state index >= 15 is 0 Å². The van der Waals surface area contributed by atoms with Crippen LogP contribution < -0.4 is 0 Å². The predicted molar refractivity (Wildman–Crippen MR) is 62.1 cm³/mol. The minimum absolute atomic E-state index is 1.12. The van der Waals surface area contributed by atoms with Crippen LogP contribution in [0.15, 0.2) is 0 Å². The molecule has 2 rings (SSSR count). The molecule has 0 atom stereocenters. The van der Waals surface area contributed by atoms with Gasteiger partial charge in [-0.05, 0) is 5.92 Å². The average molecular weight is 184 g/mol. The van der Waals surface area contributed by atoms with E-state index in [0.29, 0.717) is 0 Å². The van der Waals surface area contributed by atoms with Gasteiger partial charge in [-0.15, -0.1) is 0 Å². The van der Waals surface area contributed by atoms with Crippen molar-refractivity contribution in [2.24, 2.45) is 5.92 Å². The van der Waals surface area contributed by atoms with Crippen LogP contribution in [0.25, 0.3) is 0 Å². The lowest BCUT2D eigenvalue weighted by atomic mass is 9.84. The van der Waals surface area contributed by atoms with Crippen LogP contribution in [0.5, 0.6) is 0 Å². The Morgan fingerprint density at radius 2 is 1.15 bits per heavy atom. The van der Waals surface area contributed by atoms with Gasteiger partial charge >= 0.3 is 0 Å².